The van der Waals surface area contributed by atoms with Gasteiger partial charge >= 0.3 is 6.09 Å². The molecule has 1 amide bonds. The first-order chi connectivity index (χ1) is 17.7. The molecule has 0 radical (unpaired) electrons. The van der Waals surface area contributed by atoms with Gasteiger partial charge in [-0.2, -0.15) is 0 Å². The molecule has 2 aliphatic heterocycles. The maximum Gasteiger partial charge on any atom is 0.410 e. The lowest BCUT2D eigenvalue weighted by molar-refractivity contribution is 0.0847. The lowest BCUT2D eigenvalue weighted by atomic mass is 9.98. The minimum Gasteiger partial charge on any atom is -0.497 e. The van der Waals surface area contributed by atoms with Gasteiger partial charge in [-0.05, 0) is 53.6 Å². The molecule has 3 aromatic carbocycles. The Morgan fingerprint density at radius 3 is 2.36 bits per heavy atom. The van der Waals surface area contributed by atoms with E-state index in [0.29, 0.717) is 13.2 Å². The van der Waals surface area contributed by atoms with Crippen LogP contribution < -0.4 is 9.47 Å². The van der Waals surface area contributed by atoms with Gasteiger partial charge in [-0.1, -0.05) is 66.2 Å². The molecule has 3 aromatic rings. The third-order valence-corrected chi connectivity index (χ3v) is 7.75. The van der Waals surface area contributed by atoms with Gasteiger partial charge in [0.2, 0.25) is 0 Å². The second kappa shape index (κ2) is 9.73. The number of amides is 1. The molecule has 2 bridgehead atoms. The van der Waals surface area contributed by atoms with Crippen LogP contribution in [0.2, 0.25) is 0 Å². The number of fused-ring (bicyclic) bond motifs is 5. The number of methoxy groups -OCH3 is 1. The monoisotopic (exact) mass is 481 g/mol. The molecule has 5 heteroatoms. The molecule has 3 aliphatic rings. The molecule has 1 fully saturated rings. The molecule has 6 rings (SSSR count). The number of benzene rings is 3. The summed E-state index contributed by atoms with van der Waals surface area (Å²) in [7, 11) is 1.66. The SMILES string of the molecule is COc1cccc(OCCC2=CC3CCC(C2)N3C(=O)OCC2c3ccccc3-c3ccccc32)c1. The zero-order chi connectivity index (χ0) is 24.5. The molecule has 2 heterocycles. The first-order valence-electron chi connectivity index (χ1n) is 12.8. The summed E-state index contributed by atoms with van der Waals surface area (Å²) in [5, 5.41) is 0. The normalized spacial score (nSPS) is 19.9. The second-order valence-corrected chi connectivity index (χ2v) is 9.82. The summed E-state index contributed by atoms with van der Waals surface area (Å²) in [5.74, 6) is 1.69. The number of ether oxygens (including phenoxy) is 3. The van der Waals surface area contributed by atoms with Crippen molar-refractivity contribution in [2.24, 2.45) is 0 Å². The molecule has 2 atom stereocenters. The third-order valence-electron chi connectivity index (χ3n) is 7.75. The smallest absolute Gasteiger partial charge is 0.410 e. The zero-order valence-corrected chi connectivity index (χ0v) is 20.6. The van der Waals surface area contributed by atoms with Gasteiger partial charge < -0.3 is 14.2 Å². The minimum atomic E-state index is -0.188. The molecule has 0 N–H and O–H groups in total. The van der Waals surface area contributed by atoms with Crippen LogP contribution in [0.15, 0.2) is 84.4 Å². The maximum atomic E-state index is 13.2. The van der Waals surface area contributed by atoms with Crippen LogP contribution in [0, 0.1) is 0 Å². The number of hydrogen-bond acceptors (Lipinski definition) is 4. The first-order valence-corrected chi connectivity index (χ1v) is 12.8. The van der Waals surface area contributed by atoms with E-state index in [2.05, 4.69) is 54.6 Å². The predicted molar refractivity (Wildman–Crippen MR) is 140 cm³/mol. The molecule has 2 unspecified atom stereocenters. The van der Waals surface area contributed by atoms with Crippen molar-refractivity contribution >= 4 is 6.09 Å². The van der Waals surface area contributed by atoms with E-state index in [4.69, 9.17) is 14.2 Å². The van der Waals surface area contributed by atoms with E-state index >= 15 is 0 Å². The molecular formula is C31H31NO4. The number of nitrogens with zero attached hydrogens (tertiary/aromatic N) is 1. The molecular weight excluding hydrogens is 450 g/mol. The van der Waals surface area contributed by atoms with Crippen LogP contribution in [0.4, 0.5) is 4.79 Å². The topological polar surface area (TPSA) is 48.0 Å². The maximum absolute atomic E-state index is 13.2. The lowest BCUT2D eigenvalue weighted by Crippen LogP contribution is -2.43. The van der Waals surface area contributed by atoms with Crippen molar-refractivity contribution in [3.05, 3.63) is 95.6 Å². The van der Waals surface area contributed by atoms with E-state index in [1.807, 2.05) is 29.2 Å². The summed E-state index contributed by atoms with van der Waals surface area (Å²) in [4.78, 5) is 15.2. The number of rotatable bonds is 7. The highest BCUT2D eigenvalue weighted by molar-refractivity contribution is 5.79. The standard InChI is InChI=1S/C31H31NO4/c1-34-24-7-6-8-25(19-24)35-16-15-21-17-22-13-14-23(18-21)32(22)31(33)36-20-30-28-11-4-2-9-26(28)27-10-3-5-12-29(27)30/h2-12,17,19,22-23,30H,13-16,18,20H2,1H3. The van der Waals surface area contributed by atoms with Gasteiger partial charge in [0, 0.05) is 24.4 Å². The molecule has 0 spiro atoms. The average molecular weight is 482 g/mol. The first kappa shape index (κ1) is 22.7. The summed E-state index contributed by atoms with van der Waals surface area (Å²) in [6.45, 7) is 0.983. The highest BCUT2D eigenvalue weighted by Crippen LogP contribution is 2.45. The van der Waals surface area contributed by atoms with Crippen LogP contribution in [-0.4, -0.2) is 43.4 Å². The Hall–Kier alpha value is -3.73. The van der Waals surface area contributed by atoms with E-state index in [-0.39, 0.29) is 24.1 Å². The Morgan fingerprint density at radius 2 is 1.64 bits per heavy atom. The number of carbonyl (C=O) groups excluding carboxylic acids is 1. The summed E-state index contributed by atoms with van der Waals surface area (Å²) in [5.41, 5.74) is 6.35. The van der Waals surface area contributed by atoms with Gasteiger partial charge in [-0.25, -0.2) is 4.79 Å². The van der Waals surface area contributed by atoms with Crippen molar-refractivity contribution < 1.29 is 19.0 Å². The van der Waals surface area contributed by atoms with Gasteiger partial charge in [0.1, 0.15) is 18.1 Å². The molecule has 0 aromatic heterocycles. The van der Waals surface area contributed by atoms with E-state index in [9.17, 15) is 4.79 Å². The Labute approximate surface area is 212 Å². The van der Waals surface area contributed by atoms with Crippen LogP contribution >= 0.6 is 0 Å². The van der Waals surface area contributed by atoms with Gasteiger partial charge in [-0.3, -0.25) is 4.90 Å². The second-order valence-electron chi connectivity index (χ2n) is 9.82. The highest BCUT2D eigenvalue weighted by Gasteiger charge is 2.41. The zero-order valence-electron chi connectivity index (χ0n) is 20.6. The van der Waals surface area contributed by atoms with Crippen molar-refractivity contribution in [2.45, 2.75) is 43.7 Å². The summed E-state index contributed by atoms with van der Waals surface area (Å²) < 4.78 is 17.2. The van der Waals surface area contributed by atoms with E-state index in [1.165, 1.54) is 27.8 Å². The fraction of sp³-hybridized carbons (Fsp3) is 0.323. The van der Waals surface area contributed by atoms with Gasteiger partial charge in [0.05, 0.1) is 19.8 Å². The van der Waals surface area contributed by atoms with Crippen molar-refractivity contribution in [1.82, 2.24) is 4.90 Å². The van der Waals surface area contributed by atoms with Crippen molar-refractivity contribution in [1.29, 1.82) is 0 Å². The third kappa shape index (κ3) is 4.23. The number of carbonyl (C=O) groups is 1. The van der Waals surface area contributed by atoms with Gasteiger partial charge in [-0.15, -0.1) is 0 Å². The summed E-state index contributed by atoms with van der Waals surface area (Å²) in [6, 6.07) is 24.9. The van der Waals surface area contributed by atoms with Crippen molar-refractivity contribution in [2.75, 3.05) is 20.3 Å². The predicted octanol–water partition coefficient (Wildman–Crippen LogP) is 6.58. The summed E-state index contributed by atoms with van der Waals surface area (Å²) in [6.07, 6.45) is 5.85. The fourth-order valence-electron chi connectivity index (χ4n) is 6.05. The van der Waals surface area contributed by atoms with Gasteiger partial charge in [0.15, 0.2) is 0 Å². The number of hydrogen-bond donors (Lipinski definition) is 0. The van der Waals surface area contributed by atoms with Crippen LogP contribution in [0.5, 0.6) is 11.5 Å². The van der Waals surface area contributed by atoms with Crippen LogP contribution in [0.1, 0.15) is 42.7 Å². The molecule has 1 saturated heterocycles. The Bertz CT molecular complexity index is 1250. The summed E-state index contributed by atoms with van der Waals surface area (Å²) >= 11 is 0. The lowest BCUT2D eigenvalue weighted by Gasteiger charge is -2.33. The Balaban J connectivity index is 1.07. The largest absolute Gasteiger partial charge is 0.497 e. The van der Waals surface area contributed by atoms with E-state index in [0.717, 1.165) is 37.2 Å². The molecule has 184 valence electrons. The molecule has 0 saturated carbocycles. The van der Waals surface area contributed by atoms with E-state index in [1.54, 1.807) is 7.11 Å². The Morgan fingerprint density at radius 1 is 0.917 bits per heavy atom. The van der Waals surface area contributed by atoms with Crippen molar-refractivity contribution in [3.63, 3.8) is 0 Å². The van der Waals surface area contributed by atoms with Crippen molar-refractivity contribution in [3.8, 4) is 22.6 Å². The van der Waals surface area contributed by atoms with Crippen LogP contribution in [0.3, 0.4) is 0 Å². The highest BCUT2D eigenvalue weighted by atomic mass is 16.6. The molecule has 1 aliphatic carbocycles. The minimum absolute atomic E-state index is 0.0867. The van der Waals surface area contributed by atoms with Crippen LogP contribution in [0.25, 0.3) is 11.1 Å². The quantitative estimate of drug-likeness (QED) is 0.358. The Kier molecular flexibility index (Phi) is 6.14. The van der Waals surface area contributed by atoms with Crippen LogP contribution in [-0.2, 0) is 4.74 Å². The average Bonchev–Trinajstić information content (AvgIpc) is 3.38. The fourth-order valence-corrected chi connectivity index (χ4v) is 6.05. The van der Waals surface area contributed by atoms with E-state index < -0.39 is 0 Å². The molecule has 5 nitrogen and oxygen atoms in total. The van der Waals surface area contributed by atoms with Gasteiger partial charge in [0.25, 0.3) is 0 Å². The molecule has 36 heavy (non-hydrogen) atoms.